The number of thiophene rings is 1. The highest BCUT2D eigenvalue weighted by Gasteiger charge is 2.27. The van der Waals surface area contributed by atoms with E-state index < -0.39 is 12.0 Å². The van der Waals surface area contributed by atoms with Gasteiger partial charge in [-0.05, 0) is 47.2 Å². The third-order valence-electron chi connectivity index (χ3n) is 5.69. The number of fused-ring (bicyclic) bond motifs is 2. The van der Waals surface area contributed by atoms with Crippen LogP contribution >= 0.6 is 11.3 Å². The fourth-order valence-electron chi connectivity index (χ4n) is 4.30. The van der Waals surface area contributed by atoms with Crippen molar-refractivity contribution in [3.05, 3.63) is 105 Å². The molecular weight excluding hydrogens is 408 g/mol. The van der Waals surface area contributed by atoms with Gasteiger partial charge in [0, 0.05) is 10.1 Å². The second-order valence-electron chi connectivity index (χ2n) is 7.59. The van der Waals surface area contributed by atoms with E-state index in [4.69, 9.17) is 0 Å². The van der Waals surface area contributed by atoms with Gasteiger partial charge in [0.15, 0.2) is 6.04 Å². The van der Waals surface area contributed by atoms with Crippen LogP contribution in [0.4, 0.5) is 0 Å². The van der Waals surface area contributed by atoms with Gasteiger partial charge in [0.1, 0.15) is 0 Å². The Bertz CT molecular complexity index is 1480. The maximum Gasteiger partial charge on any atom is 0.331 e. The van der Waals surface area contributed by atoms with Crippen molar-refractivity contribution < 1.29 is 9.90 Å². The summed E-state index contributed by atoms with van der Waals surface area (Å²) in [6.45, 7) is 2.46. The zero-order valence-corrected chi connectivity index (χ0v) is 17.7. The van der Waals surface area contributed by atoms with Crippen LogP contribution in [0.3, 0.4) is 0 Å². The lowest BCUT2D eigenvalue weighted by molar-refractivity contribution is -0.139. The molecule has 2 heterocycles. The minimum atomic E-state index is -1.10. The molecule has 6 heteroatoms. The number of imidazole rings is 1. The van der Waals surface area contributed by atoms with E-state index in [1.165, 1.54) is 14.8 Å². The zero-order valence-electron chi connectivity index (χ0n) is 16.9. The Hall–Kier alpha value is -3.64. The molecule has 0 radical (unpaired) electrons. The van der Waals surface area contributed by atoms with Crippen molar-refractivity contribution in [3.8, 4) is 0 Å². The Kier molecular flexibility index (Phi) is 4.71. The number of aliphatic carboxylic acids is 1. The number of rotatable bonds is 5. The first-order valence-electron chi connectivity index (χ1n) is 9.99. The molecule has 0 unspecified atom stereocenters. The molecule has 2 aromatic heterocycles. The number of nitrogens with zero attached hydrogens (tertiary/aromatic N) is 2. The summed E-state index contributed by atoms with van der Waals surface area (Å²) < 4.78 is 4.26. The Labute approximate surface area is 182 Å². The molecule has 0 aliphatic rings. The van der Waals surface area contributed by atoms with Gasteiger partial charge in [-0.1, -0.05) is 54.6 Å². The maximum absolute atomic E-state index is 13.6. The predicted molar refractivity (Wildman–Crippen MR) is 124 cm³/mol. The van der Waals surface area contributed by atoms with E-state index in [2.05, 4.69) is 24.4 Å². The SMILES string of the molecule is Cc1cccc2scc(Cn3c(=O)n([C@H](C(=O)O)c4ccccc4)c4ccccc43)c12. The fraction of sp³-hybridized carbons (Fsp3) is 0.120. The van der Waals surface area contributed by atoms with Gasteiger partial charge in [-0.25, -0.2) is 9.59 Å². The van der Waals surface area contributed by atoms with Crippen LogP contribution in [0.15, 0.2) is 83.0 Å². The van der Waals surface area contributed by atoms with Crippen LogP contribution in [0.5, 0.6) is 0 Å². The lowest BCUT2D eigenvalue weighted by Gasteiger charge is -2.14. The van der Waals surface area contributed by atoms with E-state index in [9.17, 15) is 14.7 Å². The molecule has 0 aliphatic carbocycles. The minimum absolute atomic E-state index is 0.328. The first kappa shape index (κ1) is 19.3. The van der Waals surface area contributed by atoms with E-state index in [0.717, 1.165) is 16.5 Å². The van der Waals surface area contributed by atoms with Crippen molar-refractivity contribution in [1.29, 1.82) is 0 Å². The van der Waals surface area contributed by atoms with Gasteiger partial charge in [-0.2, -0.15) is 0 Å². The largest absolute Gasteiger partial charge is 0.479 e. The third-order valence-corrected chi connectivity index (χ3v) is 6.69. The molecule has 5 aromatic rings. The van der Waals surface area contributed by atoms with Crippen LogP contribution in [0.2, 0.25) is 0 Å². The molecule has 5 rings (SSSR count). The Morgan fingerprint density at radius 1 is 0.968 bits per heavy atom. The summed E-state index contributed by atoms with van der Waals surface area (Å²) in [7, 11) is 0. The molecule has 1 N–H and O–H groups in total. The van der Waals surface area contributed by atoms with Crippen LogP contribution < -0.4 is 5.69 Å². The number of aryl methyl sites for hydroxylation is 1. The molecular formula is C25H20N2O3S. The number of hydrogen-bond acceptors (Lipinski definition) is 3. The number of carbonyl (C=O) groups is 1. The van der Waals surface area contributed by atoms with Crippen LogP contribution in [0.1, 0.15) is 22.7 Å². The summed E-state index contributed by atoms with van der Waals surface area (Å²) >= 11 is 1.66. The number of carboxylic acids is 1. The number of para-hydroxylation sites is 2. The van der Waals surface area contributed by atoms with Gasteiger partial charge < -0.3 is 5.11 Å². The summed E-state index contributed by atoms with van der Waals surface area (Å²) in [6.07, 6.45) is 0. The molecule has 0 saturated carbocycles. The normalized spacial score (nSPS) is 12.4. The number of carboxylic acid groups (broad SMARTS) is 1. The van der Waals surface area contributed by atoms with Gasteiger partial charge >= 0.3 is 11.7 Å². The van der Waals surface area contributed by atoms with Crippen molar-refractivity contribution in [1.82, 2.24) is 9.13 Å². The van der Waals surface area contributed by atoms with E-state index in [1.54, 1.807) is 40.2 Å². The minimum Gasteiger partial charge on any atom is -0.479 e. The van der Waals surface area contributed by atoms with Gasteiger partial charge in [-0.15, -0.1) is 11.3 Å². The van der Waals surface area contributed by atoms with Crippen LogP contribution in [-0.4, -0.2) is 20.2 Å². The highest BCUT2D eigenvalue weighted by Crippen LogP contribution is 2.30. The Balaban J connectivity index is 1.73. The van der Waals surface area contributed by atoms with Gasteiger partial charge in [-0.3, -0.25) is 9.13 Å². The molecule has 0 aliphatic heterocycles. The van der Waals surface area contributed by atoms with Gasteiger partial charge in [0.2, 0.25) is 0 Å². The molecule has 1 atom stereocenters. The Morgan fingerprint density at radius 3 is 2.42 bits per heavy atom. The maximum atomic E-state index is 13.6. The first-order valence-corrected chi connectivity index (χ1v) is 10.9. The predicted octanol–water partition coefficient (Wildman–Crippen LogP) is 5.05. The number of aromatic nitrogens is 2. The summed E-state index contributed by atoms with van der Waals surface area (Å²) in [5.74, 6) is -1.06. The number of hydrogen-bond donors (Lipinski definition) is 1. The van der Waals surface area contributed by atoms with E-state index >= 15 is 0 Å². The van der Waals surface area contributed by atoms with E-state index in [1.807, 2.05) is 36.4 Å². The topological polar surface area (TPSA) is 64.2 Å². The fourth-order valence-corrected chi connectivity index (χ4v) is 5.33. The van der Waals surface area contributed by atoms with Crippen molar-refractivity contribution in [2.45, 2.75) is 19.5 Å². The molecule has 5 nitrogen and oxygen atoms in total. The molecule has 0 amide bonds. The zero-order chi connectivity index (χ0) is 21.5. The van der Waals surface area contributed by atoms with Gasteiger partial charge in [0.25, 0.3) is 0 Å². The summed E-state index contributed by atoms with van der Waals surface area (Å²) in [6, 6.07) is 21.4. The third kappa shape index (κ3) is 3.16. The van der Waals surface area contributed by atoms with E-state index in [0.29, 0.717) is 17.6 Å². The standard InChI is InChI=1S/C25H20N2O3S/c1-16-8-7-13-21-22(16)18(15-31-21)14-26-19-11-5-6-12-20(19)27(25(26)30)23(24(28)29)17-9-3-2-4-10-17/h2-13,15,23H,14H2,1H3,(H,28,29)/t23-/m0/s1. The molecule has 0 fully saturated rings. The second kappa shape index (κ2) is 7.56. The lowest BCUT2D eigenvalue weighted by Crippen LogP contribution is -2.32. The van der Waals surface area contributed by atoms with Crippen molar-refractivity contribution in [3.63, 3.8) is 0 Å². The molecule has 0 bridgehead atoms. The quantitative estimate of drug-likeness (QED) is 0.426. The summed E-state index contributed by atoms with van der Waals surface area (Å²) in [5.41, 5.74) is 3.80. The molecule has 154 valence electrons. The van der Waals surface area contributed by atoms with Crippen LogP contribution in [0.25, 0.3) is 21.1 Å². The second-order valence-corrected chi connectivity index (χ2v) is 8.50. The monoisotopic (exact) mass is 428 g/mol. The van der Waals surface area contributed by atoms with Crippen LogP contribution in [-0.2, 0) is 11.3 Å². The number of benzene rings is 3. The van der Waals surface area contributed by atoms with E-state index in [-0.39, 0.29) is 5.69 Å². The molecule has 0 spiro atoms. The lowest BCUT2D eigenvalue weighted by atomic mass is 10.1. The summed E-state index contributed by atoms with van der Waals surface area (Å²) in [4.78, 5) is 25.9. The van der Waals surface area contributed by atoms with Crippen molar-refractivity contribution in [2.24, 2.45) is 0 Å². The molecule has 3 aromatic carbocycles. The molecule has 0 saturated heterocycles. The first-order chi connectivity index (χ1) is 15.1. The van der Waals surface area contributed by atoms with Gasteiger partial charge in [0.05, 0.1) is 17.6 Å². The van der Waals surface area contributed by atoms with Crippen LogP contribution in [0, 0.1) is 6.92 Å². The summed E-state index contributed by atoms with van der Waals surface area (Å²) in [5, 5.41) is 13.3. The van der Waals surface area contributed by atoms with Crippen molar-refractivity contribution >= 4 is 38.4 Å². The highest BCUT2D eigenvalue weighted by molar-refractivity contribution is 7.17. The van der Waals surface area contributed by atoms with Crippen molar-refractivity contribution in [2.75, 3.05) is 0 Å². The highest BCUT2D eigenvalue weighted by atomic mass is 32.1. The smallest absolute Gasteiger partial charge is 0.331 e. The average Bonchev–Trinajstić information content (AvgIpc) is 3.30. The average molecular weight is 429 g/mol. The molecule has 31 heavy (non-hydrogen) atoms. The Morgan fingerprint density at radius 2 is 1.68 bits per heavy atom.